The highest BCUT2D eigenvalue weighted by molar-refractivity contribution is 5.69. The molecule has 0 unspecified atom stereocenters. The summed E-state index contributed by atoms with van der Waals surface area (Å²) in [6.07, 6.45) is 0.473. The molecule has 162 valence electrons. The first kappa shape index (κ1) is 22.4. The molecule has 0 aliphatic heterocycles. The average molecular weight is 419 g/mol. The molecule has 4 nitrogen and oxygen atoms in total. The molecular formula is C27H30O4. The fourth-order valence-corrected chi connectivity index (χ4v) is 3.38. The molecule has 0 aliphatic rings. The van der Waals surface area contributed by atoms with Crippen molar-refractivity contribution in [1.82, 2.24) is 0 Å². The molecule has 0 aliphatic carbocycles. The van der Waals surface area contributed by atoms with E-state index in [1.165, 1.54) is 5.56 Å². The highest BCUT2D eigenvalue weighted by Crippen LogP contribution is 2.30. The second-order valence-corrected chi connectivity index (χ2v) is 8.68. The average Bonchev–Trinajstić information content (AvgIpc) is 2.76. The Labute approximate surface area is 184 Å². The third kappa shape index (κ3) is 6.11. The Balaban J connectivity index is 1.80. The molecule has 3 rings (SSSR count). The first-order chi connectivity index (χ1) is 14.8. The molecule has 4 heteroatoms. The standard InChI is InChI=1S/C27H30O4/c1-27(2,3)23-11-5-19(6-12-23)18-31-25-15-9-21(17-22(25)10-16-26(28)29)20-7-13-24(30-4)14-8-20/h5-9,11-15,17H,10,16,18H2,1-4H3,(H,28,29). The molecule has 3 aromatic carbocycles. The smallest absolute Gasteiger partial charge is 0.303 e. The Bertz CT molecular complexity index is 1010. The summed E-state index contributed by atoms with van der Waals surface area (Å²) in [5.41, 5.74) is 5.42. The van der Waals surface area contributed by atoms with Crippen molar-refractivity contribution in [3.8, 4) is 22.6 Å². The van der Waals surface area contributed by atoms with Crippen LogP contribution in [-0.4, -0.2) is 18.2 Å². The van der Waals surface area contributed by atoms with E-state index in [2.05, 4.69) is 45.0 Å². The number of benzene rings is 3. The van der Waals surface area contributed by atoms with Crippen molar-refractivity contribution >= 4 is 5.97 Å². The maximum absolute atomic E-state index is 11.1. The topological polar surface area (TPSA) is 55.8 Å². The number of carboxylic acid groups (broad SMARTS) is 1. The Morgan fingerprint density at radius 1 is 0.903 bits per heavy atom. The summed E-state index contributed by atoms with van der Waals surface area (Å²) < 4.78 is 11.3. The van der Waals surface area contributed by atoms with Crippen LogP contribution in [0.4, 0.5) is 0 Å². The van der Waals surface area contributed by atoms with Crippen LogP contribution in [0, 0.1) is 0 Å². The fraction of sp³-hybridized carbons (Fsp3) is 0.296. The zero-order valence-electron chi connectivity index (χ0n) is 18.6. The first-order valence-electron chi connectivity index (χ1n) is 10.5. The Kier molecular flexibility index (Phi) is 7.01. The lowest BCUT2D eigenvalue weighted by Gasteiger charge is -2.19. The maximum Gasteiger partial charge on any atom is 0.303 e. The number of aliphatic carboxylic acids is 1. The second kappa shape index (κ2) is 9.69. The normalized spacial score (nSPS) is 11.2. The summed E-state index contributed by atoms with van der Waals surface area (Å²) in [5, 5.41) is 9.15. The van der Waals surface area contributed by atoms with Gasteiger partial charge in [0, 0.05) is 6.42 Å². The van der Waals surface area contributed by atoms with E-state index >= 15 is 0 Å². The third-order valence-electron chi connectivity index (χ3n) is 5.31. The number of carbonyl (C=O) groups is 1. The van der Waals surface area contributed by atoms with Gasteiger partial charge in [-0.1, -0.05) is 63.2 Å². The predicted octanol–water partition coefficient (Wildman–Crippen LogP) is 6.26. The van der Waals surface area contributed by atoms with E-state index in [1.807, 2.05) is 42.5 Å². The van der Waals surface area contributed by atoms with Crippen LogP contribution in [0.3, 0.4) is 0 Å². The van der Waals surface area contributed by atoms with Gasteiger partial charge in [-0.2, -0.15) is 0 Å². The van der Waals surface area contributed by atoms with Crippen LogP contribution in [0.25, 0.3) is 11.1 Å². The molecular weight excluding hydrogens is 388 g/mol. The van der Waals surface area contributed by atoms with Gasteiger partial charge in [0.25, 0.3) is 0 Å². The summed E-state index contributed by atoms with van der Waals surface area (Å²) in [7, 11) is 1.64. The molecule has 1 N–H and O–H groups in total. The summed E-state index contributed by atoms with van der Waals surface area (Å²) in [4.78, 5) is 11.1. The summed E-state index contributed by atoms with van der Waals surface area (Å²) in [5.74, 6) is 0.698. The van der Waals surface area contributed by atoms with Gasteiger partial charge in [-0.15, -0.1) is 0 Å². The second-order valence-electron chi connectivity index (χ2n) is 8.68. The number of hydrogen-bond acceptors (Lipinski definition) is 3. The lowest BCUT2D eigenvalue weighted by molar-refractivity contribution is -0.136. The summed E-state index contributed by atoms with van der Waals surface area (Å²) in [6, 6.07) is 22.2. The summed E-state index contributed by atoms with van der Waals surface area (Å²) in [6.45, 7) is 7.01. The molecule has 0 aromatic heterocycles. The van der Waals surface area contributed by atoms with Gasteiger partial charge >= 0.3 is 5.97 Å². The molecule has 0 heterocycles. The van der Waals surface area contributed by atoms with Crippen LogP contribution in [-0.2, 0) is 23.2 Å². The van der Waals surface area contributed by atoms with Crippen molar-refractivity contribution in [2.45, 2.75) is 45.6 Å². The maximum atomic E-state index is 11.1. The van der Waals surface area contributed by atoms with Gasteiger partial charge in [-0.25, -0.2) is 0 Å². The molecule has 0 spiro atoms. The molecule has 0 fully saturated rings. The monoisotopic (exact) mass is 418 g/mol. The highest BCUT2D eigenvalue weighted by atomic mass is 16.5. The lowest BCUT2D eigenvalue weighted by atomic mass is 9.87. The van der Waals surface area contributed by atoms with Crippen molar-refractivity contribution in [3.63, 3.8) is 0 Å². The van der Waals surface area contributed by atoms with Crippen LogP contribution in [0.5, 0.6) is 11.5 Å². The number of hydrogen-bond donors (Lipinski definition) is 1. The van der Waals surface area contributed by atoms with E-state index in [0.29, 0.717) is 13.0 Å². The van der Waals surface area contributed by atoms with E-state index < -0.39 is 5.97 Å². The van der Waals surface area contributed by atoms with Gasteiger partial charge in [0.2, 0.25) is 0 Å². The van der Waals surface area contributed by atoms with Gasteiger partial charge in [-0.3, -0.25) is 4.79 Å². The van der Waals surface area contributed by atoms with Crippen LogP contribution < -0.4 is 9.47 Å². The minimum atomic E-state index is -0.821. The van der Waals surface area contributed by atoms with Gasteiger partial charge in [0.05, 0.1) is 7.11 Å². The number of aryl methyl sites for hydroxylation is 1. The molecule has 31 heavy (non-hydrogen) atoms. The molecule has 0 amide bonds. The van der Waals surface area contributed by atoms with Crippen LogP contribution in [0.1, 0.15) is 43.9 Å². The fourth-order valence-electron chi connectivity index (χ4n) is 3.38. The number of carboxylic acids is 1. The number of rotatable bonds is 8. The number of methoxy groups -OCH3 is 1. The van der Waals surface area contributed by atoms with Crippen molar-refractivity contribution in [1.29, 1.82) is 0 Å². The van der Waals surface area contributed by atoms with Gasteiger partial charge < -0.3 is 14.6 Å². The molecule has 0 atom stereocenters. The molecule has 0 bridgehead atoms. The minimum Gasteiger partial charge on any atom is -0.497 e. The van der Waals surface area contributed by atoms with E-state index in [1.54, 1.807) is 7.11 Å². The Morgan fingerprint density at radius 2 is 1.55 bits per heavy atom. The van der Waals surface area contributed by atoms with E-state index in [4.69, 9.17) is 14.6 Å². The third-order valence-corrected chi connectivity index (χ3v) is 5.31. The molecule has 0 saturated carbocycles. The molecule has 3 aromatic rings. The van der Waals surface area contributed by atoms with E-state index in [-0.39, 0.29) is 11.8 Å². The van der Waals surface area contributed by atoms with E-state index in [0.717, 1.165) is 33.8 Å². The van der Waals surface area contributed by atoms with Crippen LogP contribution in [0.2, 0.25) is 0 Å². The van der Waals surface area contributed by atoms with Gasteiger partial charge in [-0.05, 0) is 63.9 Å². The quantitative estimate of drug-likeness (QED) is 0.469. The lowest BCUT2D eigenvalue weighted by Crippen LogP contribution is -2.11. The Morgan fingerprint density at radius 3 is 2.13 bits per heavy atom. The summed E-state index contributed by atoms with van der Waals surface area (Å²) >= 11 is 0. The van der Waals surface area contributed by atoms with Crippen molar-refractivity contribution in [2.75, 3.05) is 7.11 Å². The van der Waals surface area contributed by atoms with Gasteiger partial charge in [0.15, 0.2) is 0 Å². The Hall–Kier alpha value is -3.27. The van der Waals surface area contributed by atoms with Crippen LogP contribution in [0.15, 0.2) is 66.7 Å². The van der Waals surface area contributed by atoms with Crippen molar-refractivity contribution in [2.24, 2.45) is 0 Å². The first-order valence-corrected chi connectivity index (χ1v) is 10.5. The predicted molar refractivity (Wildman–Crippen MR) is 124 cm³/mol. The minimum absolute atomic E-state index is 0.0582. The van der Waals surface area contributed by atoms with Gasteiger partial charge in [0.1, 0.15) is 18.1 Å². The zero-order chi connectivity index (χ0) is 22.4. The number of ether oxygens (including phenoxy) is 2. The highest BCUT2D eigenvalue weighted by Gasteiger charge is 2.13. The SMILES string of the molecule is COc1ccc(-c2ccc(OCc3ccc(C(C)(C)C)cc3)c(CCC(=O)O)c2)cc1. The van der Waals surface area contributed by atoms with Crippen LogP contribution >= 0.6 is 0 Å². The van der Waals surface area contributed by atoms with Crippen molar-refractivity contribution < 1.29 is 19.4 Å². The molecule has 0 saturated heterocycles. The van der Waals surface area contributed by atoms with E-state index in [9.17, 15) is 4.79 Å². The molecule has 0 radical (unpaired) electrons. The largest absolute Gasteiger partial charge is 0.497 e. The van der Waals surface area contributed by atoms with Crippen molar-refractivity contribution in [3.05, 3.63) is 83.4 Å². The zero-order valence-corrected chi connectivity index (χ0v) is 18.6.